The minimum atomic E-state index is -0.421. The zero-order valence-electron chi connectivity index (χ0n) is 18.6. The zero-order chi connectivity index (χ0) is 23.3. The lowest BCUT2D eigenvalue weighted by Crippen LogP contribution is -2.22. The number of benzene rings is 2. The van der Waals surface area contributed by atoms with E-state index in [1.807, 2.05) is 50.6 Å². The molecule has 0 radical (unpaired) electrons. The Morgan fingerprint density at radius 2 is 1.58 bits per heavy atom. The van der Waals surface area contributed by atoms with Gasteiger partial charge in [-0.1, -0.05) is 0 Å². The van der Waals surface area contributed by atoms with E-state index in [0.29, 0.717) is 33.6 Å². The fourth-order valence-electron chi connectivity index (χ4n) is 4.57. The molecule has 4 aromatic rings. The average molecular weight is 443 g/mol. The number of fused-ring (bicyclic) bond motifs is 2. The highest BCUT2D eigenvalue weighted by molar-refractivity contribution is 6.50. The summed E-state index contributed by atoms with van der Waals surface area (Å²) in [6, 6.07) is 11.1. The van der Waals surface area contributed by atoms with E-state index in [2.05, 4.69) is 19.8 Å². The van der Waals surface area contributed by atoms with Gasteiger partial charge in [0.25, 0.3) is 11.8 Å². The Bertz CT molecular complexity index is 1460. The van der Waals surface area contributed by atoms with Crippen LogP contribution >= 0.6 is 0 Å². The number of rotatable bonds is 6. The summed E-state index contributed by atoms with van der Waals surface area (Å²) >= 11 is 0. The Kier molecular flexibility index (Phi) is 4.94. The van der Waals surface area contributed by atoms with Crippen LogP contribution in [0.15, 0.2) is 48.8 Å². The number of aryl methyl sites for hydroxylation is 1. The number of H-pyrrole nitrogens is 1. The molecule has 0 bridgehead atoms. The van der Waals surface area contributed by atoms with Crippen molar-refractivity contribution in [2.75, 3.05) is 32.1 Å². The van der Waals surface area contributed by atoms with E-state index in [4.69, 9.17) is 11.5 Å². The molecule has 0 saturated carbocycles. The highest BCUT2D eigenvalue weighted by Gasteiger charge is 2.35. The lowest BCUT2D eigenvalue weighted by atomic mass is 9.95. The van der Waals surface area contributed by atoms with Gasteiger partial charge in [0, 0.05) is 63.2 Å². The number of anilines is 2. The van der Waals surface area contributed by atoms with Gasteiger partial charge in [0.2, 0.25) is 0 Å². The first kappa shape index (κ1) is 20.8. The first-order valence-corrected chi connectivity index (χ1v) is 10.8. The lowest BCUT2D eigenvalue weighted by molar-refractivity contribution is -0.122. The van der Waals surface area contributed by atoms with Gasteiger partial charge in [0.05, 0.1) is 11.1 Å². The van der Waals surface area contributed by atoms with E-state index >= 15 is 0 Å². The van der Waals surface area contributed by atoms with Crippen molar-refractivity contribution in [3.8, 4) is 0 Å². The van der Waals surface area contributed by atoms with Crippen molar-refractivity contribution in [1.29, 1.82) is 0 Å². The molecule has 0 fully saturated rings. The molecular weight excluding hydrogens is 416 g/mol. The summed E-state index contributed by atoms with van der Waals surface area (Å²) in [6.07, 6.45) is 4.65. The Balaban J connectivity index is 1.73. The molecule has 0 spiro atoms. The van der Waals surface area contributed by atoms with Gasteiger partial charge in [-0.25, -0.2) is 0 Å². The molecule has 0 unspecified atom stereocenters. The molecule has 5 rings (SSSR count). The van der Waals surface area contributed by atoms with Crippen LogP contribution in [0, 0.1) is 0 Å². The minimum absolute atomic E-state index is 0.339. The third-order valence-electron chi connectivity index (χ3n) is 6.09. The molecule has 8 nitrogen and oxygen atoms in total. The Hall–Kier alpha value is -4.04. The number of nitrogens with zero attached hydrogens (tertiary/aromatic N) is 2. The highest BCUT2D eigenvalue weighted by atomic mass is 16.2. The maximum atomic E-state index is 13.1. The number of carbonyl (C=O) groups excluding carboxylic acids is 2. The number of amides is 2. The van der Waals surface area contributed by atoms with Gasteiger partial charge in [-0.3, -0.25) is 14.9 Å². The van der Waals surface area contributed by atoms with Crippen molar-refractivity contribution < 1.29 is 9.59 Å². The van der Waals surface area contributed by atoms with Gasteiger partial charge in [-0.15, -0.1) is 0 Å². The molecule has 0 saturated heterocycles. The van der Waals surface area contributed by atoms with Crippen LogP contribution in [0.25, 0.3) is 33.0 Å². The highest BCUT2D eigenvalue weighted by Crippen LogP contribution is 2.39. The number of aromatic amines is 1. The zero-order valence-corrected chi connectivity index (χ0v) is 18.6. The van der Waals surface area contributed by atoms with Crippen molar-refractivity contribution in [3.05, 3.63) is 59.9 Å². The van der Waals surface area contributed by atoms with Crippen LogP contribution in [0.5, 0.6) is 0 Å². The second kappa shape index (κ2) is 7.83. The maximum Gasteiger partial charge on any atom is 0.259 e. The van der Waals surface area contributed by atoms with Crippen molar-refractivity contribution in [3.63, 3.8) is 0 Å². The van der Waals surface area contributed by atoms with Crippen molar-refractivity contribution >= 4 is 56.1 Å². The van der Waals surface area contributed by atoms with Crippen molar-refractivity contribution in [1.82, 2.24) is 19.8 Å². The summed E-state index contributed by atoms with van der Waals surface area (Å²) in [5.41, 5.74) is 17.1. The number of imide groups is 1. The summed E-state index contributed by atoms with van der Waals surface area (Å²) in [6.45, 7) is 1.72. The molecule has 6 N–H and O–H groups in total. The van der Waals surface area contributed by atoms with E-state index in [1.54, 1.807) is 12.3 Å². The predicted molar refractivity (Wildman–Crippen MR) is 132 cm³/mol. The summed E-state index contributed by atoms with van der Waals surface area (Å²) in [7, 11) is 4.08. The second-order valence-electron chi connectivity index (χ2n) is 8.71. The average Bonchev–Trinajstić information content (AvgIpc) is 3.40. The van der Waals surface area contributed by atoms with Gasteiger partial charge in [-0.05, 0) is 63.5 Å². The molecule has 0 atom stereocenters. The van der Waals surface area contributed by atoms with Crippen LogP contribution in [-0.2, 0) is 16.1 Å². The van der Waals surface area contributed by atoms with Crippen molar-refractivity contribution in [2.45, 2.75) is 13.0 Å². The minimum Gasteiger partial charge on any atom is -0.399 e. The number of nitrogen functional groups attached to an aromatic ring is 2. The van der Waals surface area contributed by atoms with Gasteiger partial charge < -0.3 is 25.9 Å². The molecule has 33 heavy (non-hydrogen) atoms. The first-order valence-electron chi connectivity index (χ1n) is 10.8. The topological polar surface area (TPSA) is 122 Å². The maximum absolute atomic E-state index is 13.1. The summed E-state index contributed by atoms with van der Waals surface area (Å²) in [5, 5.41) is 4.12. The molecule has 1 aliphatic heterocycles. The summed E-state index contributed by atoms with van der Waals surface area (Å²) in [4.78, 5) is 31.4. The van der Waals surface area contributed by atoms with Crippen molar-refractivity contribution in [2.24, 2.45) is 0 Å². The third kappa shape index (κ3) is 3.54. The summed E-state index contributed by atoms with van der Waals surface area (Å²) in [5.74, 6) is -0.834. The molecule has 2 amide bonds. The molecule has 2 aromatic carbocycles. The van der Waals surface area contributed by atoms with E-state index in [-0.39, 0.29) is 0 Å². The van der Waals surface area contributed by atoms with E-state index in [1.165, 1.54) is 0 Å². The Morgan fingerprint density at radius 1 is 0.909 bits per heavy atom. The third-order valence-corrected chi connectivity index (χ3v) is 6.09. The SMILES string of the molecule is CN(C)CCCn1cc(C2=C(c3c[nH]c4ccc(N)cc34)C(=O)NC2=O)c2cc(N)ccc21. The van der Waals surface area contributed by atoms with E-state index in [9.17, 15) is 9.59 Å². The van der Waals surface area contributed by atoms with E-state index in [0.717, 1.165) is 41.3 Å². The lowest BCUT2D eigenvalue weighted by Gasteiger charge is -2.10. The number of hydrogen-bond donors (Lipinski definition) is 4. The number of carbonyl (C=O) groups is 2. The number of hydrogen-bond acceptors (Lipinski definition) is 5. The molecule has 8 heteroatoms. The summed E-state index contributed by atoms with van der Waals surface area (Å²) < 4.78 is 2.13. The molecule has 3 heterocycles. The standard InChI is InChI=1S/C25H26N6O2/c1-30(2)8-3-9-31-13-19(17-11-15(27)5-7-21(17)31)23-22(24(32)29-25(23)33)18-12-28-20-6-4-14(26)10-16(18)20/h4-7,10-13,28H,3,8-9,26-27H2,1-2H3,(H,29,32,33). The van der Waals surface area contributed by atoms with Crippen LogP contribution < -0.4 is 16.8 Å². The fourth-order valence-corrected chi connectivity index (χ4v) is 4.57. The molecule has 2 aromatic heterocycles. The monoisotopic (exact) mass is 442 g/mol. The molecule has 1 aliphatic rings. The fraction of sp³-hybridized carbons (Fsp3) is 0.200. The number of nitrogens with two attached hydrogens (primary N) is 2. The number of aromatic nitrogens is 2. The quantitative estimate of drug-likeness (QED) is 0.270. The van der Waals surface area contributed by atoms with Crippen LogP contribution in [0.1, 0.15) is 17.5 Å². The van der Waals surface area contributed by atoms with Crippen LogP contribution in [0.4, 0.5) is 11.4 Å². The van der Waals surface area contributed by atoms with Crippen LogP contribution in [0.3, 0.4) is 0 Å². The molecular formula is C25H26N6O2. The predicted octanol–water partition coefficient (Wildman–Crippen LogP) is 2.81. The smallest absolute Gasteiger partial charge is 0.259 e. The second-order valence-corrected chi connectivity index (χ2v) is 8.71. The van der Waals surface area contributed by atoms with E-state index < -0.39 is 11.8 Å². The Morgan fingerprint density at radius 3 is 2.30 bits per heavy atom. The van der Waals surface area contributed by atoms with Gasteiger partial charge in [-0.2, -0.15) is 0 Å². The van der Waals surface area contributed by atoms with Gasteiger partial charge >= 0.3 is 0 Å². The van der Waals surface area contributed by atoms with Crippen LogP contribution in [0.2, 0.25) is 0 Å². The molecule has 0 aliphatic carbocycles. The largest absolute Gasteiger partial charge is 0.399 e. The molecule has 168 valence electrons. The normalized spacial score (nSPS) is 14.3. The van der Waals surface area contributed by atoms with Crippen LogP contribution in [-0.4, -0.2) is 46.9 Å². The van der Waals surface area contributed by atoms with Gasteiger partial charge in [0.15, 0.2) is 0 Å². The Labute approximate surface area is 190 Å². The van der Waals surface area contributed by atoms with Gasteiger partial charge in [0.1, 0.15) is 0 Å². The first-order chi connectivity index (χ1) is 15.8. The number of nitrogens with one attached hydrogen (secondary N) is 2.